The minimum Gasteiger partial charge on any atom is -0.298 e. The van der Waals surface area contributed by atoms with Gasteiger partial charge in [-0.15, -0.1) is 0 Å². The zero-order valence-electron chi connectivity index (χ0n) is 9.69. The van der Waals surface area contributed by atoms with Crippen LogP contribution in [-0.4, -0.2) is 26.2 Å². The standard InChI is InChI=1S/C11H20O3S/c1-8-4-5-10(6-9(8)2)11(12)7-15(3,13)14/h8-10H,4-7H2,1-3H3. The van der Waals surface area contributed by atoms with Gasteiger partial charge >= 0.3 is 0 Å². The quantitative estimate of drug-likeness (QED) is 0.743. The van der Waals surface area contributed by atoms with Crippen LogP contribution in [-0.2, 0) is 14.6 Å². The molecule has 15 heavy (non-hydrogen) atoms. The molecule has 3 unspecified atom stereocenters. The first-order valence-corrected chi connectivity index (χ1v) is 7.56. The van der Waals surface area contributed by atoms with Gasteiger partial charge in [0.05, 0.1) is 0 Å². The van der Waals surface area contributed by atoms with Crippen molar-refractivity contribution in [1.82, 2.24) is 0 Å². The van der Waals surface area contributed by atoms with E-state index in [1.165, 1.54) is 0 Å². The van der Waals surface area contributed by atoms with Crippen molar-refractivity contribution in [3.05, 3.63) is 0 Å². The van der Waals surface area contributed by atoms with E-state index in [0.717, 1.165) is 25.5 Å². The molecule has 0 aromatic heterocycles. The molecule has 4 heteroatoms. The van der Waals surface area contributed by atoms with E-state index in [1.807, 2.05) is 0 Å². The van der Waals surface area contributed by atoms with Crippen molar-refractivity contribution in [2.45, 2.75) is 33.1 Å². The van der Waals surface area contributed by atoms with E-state index in [1.54, 1.807) is 0 Å². The van der Waals surface area contributed by atoms with E-state index in [4.69, 9.17) is 0 Å². The molecule has 1 rings (SSSR count). The maximum atomic E-state index is 11.7. The Hall–Kier alpha value is -0.380. The lowest BCUT2D eigenvalue weighted by Gasteiger charge is -2.31. The number of ketones is 1. The molecular formula is C11H20O3S. The Morgan fingerprint density at radius 1 is 1.20 bits per heavy atom. The molecule has 0 bridgehead atoms. The molecular weight excluding hydrogens is 212 g/mol. The Bertz CT molecular complexity index is 332. The van der Waals surface area contributed by atoms with Crippen molar-refractivity contribution in [2.24, 2.45) is 17.8 Å². The summed E-state index contributed by atoms with van der Waals surface area (Å²) in [7, 11) is -3.15. The summed E-state index contributed by atoms with van der Waals surface area (Å²) in [5.74, 6) is 0.806. The van der Waals surface area contributed by atoms with E-state index in [9.17, 15) is 13.2 Å². The van der Waals surface area contributed by atoms with Crippen LogP contribution in [0.2, 0.25) is 0 Å². The Morgan fingerprint density at radius 2 is 1.80 bits per heavy atom. The van der Waals surface area contributed by atoms with Crippen LogP contribution in [0.15, 0.2) is 0 Å². The molecule has 1 aliphatic rings. The van der Waals surface area contributed by atoms with E-state index in [-0.39, 0.29) is 17.5 Å². The molecule has 0 N–H and O–H groups in total. The summed E-state index contributed by atoms with van der Waals surface area (Å²) in [4.78, 5) is 11.7. The number of carbonyl (C=O) groups excluding carboxylic acids is 1. The molecule has 1 aliphatic carbocycles. The van der Waals surface area contributed by atoms with Crippen LogP contribution in [0.25, 0.3) is 0 Å². The Balaban J connectivity index is 2.55. The van der Waals surface area contributed by atoms with Gasteiger partial charge in [-0.25, -0.2) is 8.42 Å². The third-order valence-electron chi connectivity index (χ3n) is 3.46. The fourth-order valence-electron chi connectivity index (χ4n) is 2.22. The highest BCUT2D eigenvalue weighted by Crippen LogP contribution is 2.33. The largest absolute Gasteiger partial charge is 0.298 e. The fraction of sp³-hybridized carbons (Fsp3) is 0.909. The second-order valence-electron chi connectivity index (χ2n) is 5.00. The van der Waals surface area contributed by atoms with Crippen molar-refractivity contribution in [3.8, 4) is 0 Å². The molecule has 0 aromatic rings. The van der Waals surface area contributed by atoms with E-state index in [0.29, 0.717) is 11.8 Å². The van der Waals surface area contributed by atoms with Crippen LogP contribution in [0.5, 0.6) is 0 Å². The average molecular weight is 232 g/mol. The molecule has 3 atom stereocenters. The third-order valence-corrected chi connectivity index (χ3v) is 4.27. The van der Waals surface area contributed by atoms with Gasteiger partial charge in [-0.3, -0.25) is 4.79 Å². The summed E-state index contributed by atoms with van der Waals surface area (Å²) in [5.41, 5.74) is 0. The topological polar surface area (TPSA) is 51.2 Å². The summed E-state index contributed by atoms with van der Waals surface area (Å²) in [5, 5.41) is 0. The first-order valence-electron chi connectivity index (χ1n) is 5.50. The summed E-state index contributed by atoms with van der Waals surface area (Å²) in [6.45, 7) is 4.34. The SMILES string of the molecule is CC1CCC(C(=O)CS(C)(=O)=O)CC1C. The first kappa shape index (κ1) is 12.7. The molecule has 1 fully saturated rings. The van der Waals surface area contributed by atoms with Crippen LogP contribution < -0.4 is 0 Å². The van der Waals surface area contributed by atoms with Crippen LogP contribution in [0, 0.1) is 17.8 Å². The molecule has 0 aromatic carbocycles. The maximum Gasteiger partial charge on any atom is 0.154 e. The highest BCUT2D eigenvalue weighted by atomic mass is 32.2. The lowest BCUT2D eigenvalue weighted by atomic mass is 9.74. The second-order valence-corrected chi connectivity index (χ2v) is 7.14. The molecule has 0 radical (unpaired) electrons. The van der Waals surface area contributed by atoms with E-state index >= 15 is 0 Å². The number of hydrogen-bond donors (Lipinski definition) is 0. The van der Waals surface area contributed by atoms with Crippen molar-refractivity contribution in [3.63, 3.8) is 0 Å². The van der Waals surface area contributed by atoms with Crippen LogP contribution in [0.4, 0.5) is 0 Å². The molecule has 3 nitrogen and oxygen atoms in total. The molecule has 88 valence electrons. The van der Waals surface area contributed by atoms with E-state index < -0.39 is 9.84 Å². The minimum atomic E-state index is -3.15. The predicted molar refractivity (Wildman–Crippen MR) is 60.4 cm³/mol. The van der Waals surface area contributed by atoms with Crippen molar-refractivity contribution in [2.75, 3.05) is 12.0 Å². The summed E-state index contributed by atoms with van der Waals surface area (Å²) >= 11 is 0. The smallest absolute Gasteiger partial charge is 0.154 e. The van der Waals surface area contributed by atoms with Gasteiger partial charge in [-0.05, 0) is 31.1 Å². The molecule has 0 aliphatic heterocycles. The maximum absolute atomic E-state index is 11.7. The van der Waals surface area contributed by atoms with Crippen molar-refractivity contribution >= 4 is 15.6 Å². The number of carbonyl (C=O) groups is 1. The molecule has 1 saturated carbocycles. The minimum absolute atomic E-state index is 0.0223. The second kappa shape index (κ2) is 4.64. The van der Waals surface area contributed by atoms with Gasteiger partial charge in [0.25, 0.3) is 0 Å². The number of sulfone groups is 1. The van der Waals surface area contributed by atoms with Crippen LogP contribution in [0.3, 0.4) is 0 Å². The van der Waals surface area contributed by atoms with Gasteiger partial charge in [-0.2, -0.15) is 0 Å². The van der Waals surface area contributed by atoms with Gasteiger partial charge in [0.15, 0.2) is 15.6 Å². The number of hydrogen-bond acceptors (Lipinski definition) is 3. The number of rotatable bonds is 3. The average Bonchev–Trinajstić information content (AvgIpc) is 2.06. The van der Waals surface area contributed by atoms with E-state index in [2.05, 4.69) is 13.8 Å². The number of Topliss-reactive ketones (excluding diaryl/α,β-unsaturated/α-hetero) is 1. The van der Waals surface area contributed by atoms with Crippen LogP contribution in [0.1, 0.15) is 33.1 Å². The first-order chi connectivity index (χ1) is 6.79. The molecule has 0 saturated heterocycles. The third kappa shape index (κ3) is 3.93. The monoisotopic (exact) mass is 232 g/mol. The lowest BCUT2D eigenvalue weighted by Crippen LogP contribution is -2.30. The Morgan fingerprint density at radius 3 is 2.27 bits per heavy atom. The highest BCUT2D eigenvalue weighted by Gasteiger charge is 2.30. The fourth-order valence-corrected chi connectivity index (χ4v) is 2.97. The zero-order chi connectivity index (χ0) is 11.6. The molecule has 0 amide bonds. The summed E-state index contributed by atoms with van der Waals surface area (Å²) in [6.07, 6.45) is 3.89. The van der Waals surface area contributed by atoms with Gasteiger partial charge < -0.3 is 0 Å². The van der Waals surface area contributed by atoms with Crippen LogP contribution >= 0.6 is 0 Å². The van der Waals surface area contributed by atoms with Gasteiger partial charge in [-0.1, -0.05) is 13.8 Å². The molecule has 0 spiro atoms. The Labute approximate surface area is 92.2 Å². The van der Waals surface area contributed by atoms with Gasteiger partial charge in [0, 0.05) is 12.2 Å². The van der Waals surface area contributed by atoms with Crippen molar-refractivity contribution < 1.29 is 13.2 Å². The summed E-state index contributed by atoms with van der Waals surface area (Å²) < 4.78 is 22.0. The lowest BCUT2D eigenvalue weighted by molar-refractivity contribution is -0.122. The van der Waals surface area contributed by atoms with Gasteiger partial charge in [0.1, 0.15) is 5.75 Å². The normalized spacial score (nSPS) is 32.6. The predicted octanol–water partition coefficient (Wildman–Crippen LogP) is 1.67. The summed E-state index contributed by atoms with van der Waals surface area (Å²) in [6, 6.07) is 0. The zero-order valence-corrected chi connectivity index (χ0v) is 10.5. The van der Waals surface area contributed by atoms with Gasteiger partial charge in [0.2, 0.25) is 0 Å². The van der Waals surface area contributed by atoms with Crippen molar-refractivity contribution in [1.29, 1.82) is 0 Å². The molecule has 0 heterocycles. The Kier molecular flexibility index (Phi) is 3.93. The highest BCUT2D eigenvalue weighted by molar-refractivity contribution is 7.91.